The van der Waals surface area contributed by atoms with Crippen molar-refractivity contribution in [1.29, 1.82) is 5.26 Å². The molecule has 2 atom stereocenters. The number of nitriles is 1. The van der Waals surface area contributed by atoms with E-state index in [4.69, 9.17) is 14.7 Å². The van der Waals surface area contributed by atoms with Crippen LogP contribution in [0.5, 0.6) is 5.75 Å². The van der Waals surface area contributed by atoms with Crippen LogP contribution in [0.3, 0.4) is 0 Å². The minimum Gasteiger partial charge on any atom is -0.489 e. The molecule has 31 heavy (non-hydrogen) atoms. The van der Waals surface area contributed by atoms with E-state index in [0.29, 0.717) is 21.8 Å². The first-order valence-electron chi connectivity index (χ1n) is 9.16. The summed E-state index contributed by atoms with van der Waals surface area (Å²) in [5, 5.41) is 8.87. The zero-order valence-electron chi connectivity index (χ0n) is 16.2. The number of rotatable bonds is 4. The minimum absolute atomic E-state index is 0.0192. The molecule has 0 radical (unpaired) electrons. The molecule has 2 aliphatic heterocycles. The second kappa shape index (κ2) is 7.67. The SMILES string of the molecule is CC(=O)N(CC1OC(=O)N2c3ccc(-c4ccc(C#N)nc4)cc3OCC12)P(=O)(O)O. The van der Waals surface area contributed by atoms with Crippen molar-refractivity contribution in [3.63, 3.8) is 0 Å². The molecule has 2 amide bonds. The number of ether oxygens (including phenoxy) is 2. The number of carbonyl (C=O) groups is 2. The molecule has 0 spiro atoms. The van der Waals surface area contributed by atoms with E-state index in [1.807, 2.05) is 6.07 Å². The maximum Gasteiger partial charge on any atom is 0.432 e. The second-order valence-corrected chi connectivity index (χ2v) is 8.52. The van der Waals surface area contributed by atoms with Gasteiger partial charge in [-0.3, -0.25) is 9.69 Å². The van der Waals surface area contributed by atoms with E-state index in [1.165, 1.54) is 4.90 Å². The Hall–Kier alpha value is -3.45. The molecule has 0 saturated carbocycles. The molecule has 1 fully saturated rings. The Kier molecular flexibility index (Phi) is 5.15. The molecule has 1 aromatic carbocycles. The topological polar surface area (TPSA) is 153 Å². The van der Waals surface area contributed by atoms with Crippen molar-refractivity contribution in [2.45, 2.75) is 19.1 Å². The van der Waals surface area contributed by atoms with E-state index >= 15 is 0 Å². The first-order chi connectivity index (χ1) is 14.7. The predicted molar refractivity (Wildman–Crippen MR) is 106 cm³/mol. The molecular weight excluding hydrogens is 427 g/mol. The second-order valence-electron chi connectivity index (χ2n) is 7.01. The van der Waals surface area contributed by atoms with Gasteiger partial charge in [0.15, 0.2) is 0 Å². The fourth-order valence-electron chi connectivity index (χ4n) is 3.59. The number of anilines is 1. The third-order valence-electron chi connectivity index (χ3n) is 5.08. The molecule has 12 heteroatoms. The zero-order chi connectivity index (χ0) is 22.3. The highest BCUT2D eigenvalue weighted by Gasteiger charge is 2.48. The van der Waals surface area contributed by atoms with Crippen molar-refractivity contribution in [3.05, 3.63) is 42.2 Å². The summed E-state index contributed by atoms with van der Waals surface area (Å²) in [4.78, 5) is 48.4. The third-order valence-corrected chi connectivity index (χ3v) is 6.15. The quantitative estimate of drug-likeness (QED) is 0.670. The van der Waals surface area contributed by atoms with Gasteiger partial charge in [0.25, 0.3) is 0 Å². The lowest BCUT2D eigenvalue weighted by Crippen LogP contribution is -2.48. The zero-order valence-corrected chi connectivity index (χ0v) is 17.1. The lowest BCUT2D eigenvalue weighted by atomic mass is 10.0. The van der Waals surface area contributed by atoms with Crippen LogP contribution in [0.2, 0.25) is 0 Å². The number of hydrogen-bond acceptors (Lipinski definition) is 7. The highest BCUT2D eigenvalue weighted by atomic mass is 31.2. The summed E-state index contributed by atoms with van der Waals surface area (Å²) < 4.78 is 23.1. The Morgan fingerprint density at radius 1 is 1.35 bits per heavy atom. The van der Waals surface area contributed by atoms with Gasteiger partial charge in [0.1, 0.15) is 36.3 Å². The van der Waals surface area contributed by atoms with Crippen LogP contribution in [0.15, 0.2) is 36.5 Å². The van der Waals surface area contributed by atoms with Gasteiger partial charge in [-0.25, -0.2) is 19.0 Å². The summed E-state index contributed by atoms with van der Waals surface area (Å²) in [6, 6.07) is 9.79. The number of fused-ring (bicyclic) bond motifs is 3. The normalized spacial score (nSPS) is 19.5. The van der Waals surface area contributed by atoms with E-state index in [2.05, 4.69) is 4.98 Å². The highest BCUT2D eigenvalue weighted by molar-refractivity contribution is 7.49. The Morgan fingerprint density at radius 3 is 2.71 bits per heavy atom. The van der Waals surface area contributed by atoms with Crippen molar-refractivity contribution < 1.29 is 33.4 Å². The van der Waals surface area contributed by atoms with Crippen LogP contribution in [-0.4, -0.2) is 56.7 Å². The highest BCUT2D eigenvalue weighted by Crippen LogP contribution is 2.44. The molecule has 2 unspecified atom stereocenters. The van der Waals surface area contributed by atoms with Crippen molar-refractivity contribution in [1.82, 2.24) is 9.65 Å². The number of carbonyl (C=O) groups excluding carboxylic acids is 2. The van der Waals surface area contributed by atoms with Crippen LogP contribution in [0.1, 0.15) is 12.6 Å². The molecule has 1 saturated heterocycles. The van der Waals surface area contributed by atoms with Gasteiger partial charge in [-0.1, -0.05) is 6.07 Å². The predicted octanol–water partition coefficient (Wildman–Crippen LogP) is 1.65. The van der Waals surface area contributed by atoms with E-state index < -0.39 is 38.4 Å². The molecule has 160 valence electrons. The first-order valence-corrected chi connectivity index (χ1v) is 10.7. The average Bonchev–Trinajstić information content (AvgIpc) is 3.06. The minimum atomic E-state index is -4.86. The number of hydrogen-bond donors (Lipinski definition) is 2. The van der Waals surface area contributed by atoms with Gasteiger partial charge in [-0.15, -0.1) is 0 Å². The molecule has 1 aromatic heterocycles. The number of pyridine rings is 1. The lowest BCUT2D eigenvalue weighted by molar-refractivity contribution is -0.126. The smallest absolute Gasteiger partial charge is 0.432 e. The van der Waals surface area contributed by atoms with Gasteiger partial charge in [0.05, 0.1) is 12.2 Å². The van der Waals surface area contributed by atoms with E-state index in [0.717, 1.165) is 18.1 Å². The summed E-state index contributed by atoms with van der Waals surface area (Å²) >= 11 is 0. The van der Waals surface area contributed by atoms with Gasteiger partial charge < -0.3 is 19.3 Å². The maximum absolute atomic E-state index is 12.5. The van der Waals surface area contributed by atoms with Crippen LogP contribution >= 0.6 is 7.75 Å². The Labute approximate surface area is 176 Å². The molecular formula is C19H17N4O7P. The van der Waals surface area contributed by atoms with Crippen LogP contribution < -0.4 is 9.64 Å². The third kappa shape index (κ3) is 3.84. The molecule has 2 aromatic rings. The summed E-state index contributed by atoms with van der Waals surface area (Å²) in [6.45, 7) is 0.589. The van der Waals surface area contributed by atoms with Gasteiger partial charge in [0, 0.05) is 18.7 Å². The Balaban J connectivity index is 1.60. The van der Waals surface area contributed by atoms with Crippen LogP contribution in [0.4, 0.5) is 10.5 Å². The fourth-order valence-corrected chi connectivity index (χ4v) is 4.33. The van der Waals surface area contributed by atoms with E-state index in [9.17, 15) is 23.9 Å². The molecule has 2 aliphatic rings. The largest absolute Gasteiger partial charge is 0.489 e. The van der Waals surface area contributed by atoms with Gasteiger partial charge in [0.2, 0.25) is 5.91 Å². The summed E-state index contributed by atoms with van der Waals surface area (Å²) in [5.41, 5.74) is 2.26. The number of nitrogens with zero attached hydrogens (tertiary/aromatic N) is 4. The fraction of sp³-hybridized carbons (Fsp3) is 0.263. The summed E-state index contributed by atoms with van der Waals surface area (Å²) in [5.74, 6) is -0.408. The summed E-state index contributed by atoms with van der Waals surface area (Å²) in [6.07, 6.45) is -0.106. The summed E-state index contributed by atoms with van der Waals surface area (Å²) in [7, 11) is -4.86. The van der Waals surface area contributed by atoms with Crippen molar-refractivity contribution in [3.8, 4) is 22.9 Å². The van der Waals surface area contributed by atoms with Crippen molar-refractivity contribution in [2.24, 2.45) is 0 Å². The number of benzene rings is 1. The van der Waals surface area contributed by atoms with E-state index in [-0.39, 0.29) is 6.61 Å². The Bertz CT molecular complexity index is 1140. The lowest BCUT2D eigenvalue weighted by Gasteiger charge is -2.33. The Morgan fingerprint density at radius 2 is 2.10 bits per heavy atom. The van der Waals surface area contributed by atoms with Gasteiger partial charge >= 0.3 is 13.8 Å². The average molecular weight is 444 g/mol. The molecule has 4 rings (SSSR count). The molecule has 11 nitrogen and oxygen atoms in total. The van der Waals surface area contributed by atoms with Crippen molar-refractivity contribution in [2.75, 3.05) is 18.1 Å². The van der Waals surface area contributed by atoms with E-state index in [1.54, 1.807) is 36.5 Å². The molecule has 3 heterocycles. The van der Waals surface area contributed by atoms with Gasteiger partial charge in [-0.05, 0) is 29.8 Å². The number of cyclic esters (lactones) is 1. The molecule has 0 aliphatic carbocycles. The van der Waals surface area contributed by atoms with Crippen molar-refractivity contribution >= 4 is 25.4 Å². The molecule has 0 bridgehead atoms. The maximum atomic E-state index is 12.5. The van der Waals surface area contributed by atoms with Crippen LogP contribution in [0, 0.1) is 11.3 Å². The van der Waals surface area contributed by atoms with Gasteiger partial charge in [-0.2, -0.15) is 5.26 Å². The number of amides is 2. The van der Waals surface area contributed by atoms with Crippen LogP contribution in [0.25, 0.3) is 11.1 Å². The monoisotopic (exact) mass is 444 g/mol. The van der Waals surface area contributed by atoms with Crippen LogP contribution in [-0.2, 0) is 14.1 Å². The first kappa shape index (κ1) is 20.8. The number of aromatic nitrogens is 1. The standard InChI is InChI=1S/C19H17N4O7P/c1-11(24)22(31(26,27)28)9-18-16-10-29-17-6-12(13-2-4-14(7-20)21-8-13)3-5-15(17)23(16)19(25)30-18/h2-6,8,16,18H,9-10H2,1H3,(H2,26,27,28). The molecule has 2 N–H and O–H groups in total.